The third-order valence-electron chi connectivity index (χ3n) is 5.96. The van der Waals surface area contributed by atoms with E-state index in [1.807, 2.05) is 18.2 Å². The first-order valence-electron chi connectivity index (χ1n) is 10.4. The number of para-hydroxylation sites is 1. The summed E-state index contributed by atoms with van der Waals surface area (Å²) in [6.45, 7) is 2.83. The normalized spacial score (nSPS) is 15.0. The summed E-state index contributed by atoms with van der Waals surface area (Å²) in [4.78, 5) is 18.3. The molecule has 29 heavy (non-hydrogen) atoms. The first-order valence-corrected chi connectivity index (χ1v) is 10.4. The number of nitrogens with zero attached hydrogens (tertiary/aromatic N) is 1. The first-order chi connectivity index (χ1) is 14.0. The van der Waals surface area contributed by atoms with Crippen LogP contribution in [0.1, 0.15) is 31.7 Å². The quantitative estimate of drug-likeness (QED) is 0.592. The van der Waals surface area contributed by atoms with E-state index in [0.29, 0.717) is 31.5 Å². The van der Waals surface area contributed by atoms with E-state index in [4.69, 9.17) is 0 Å². The van der Waals surface area contributed by atoms with Crippen LogP contribution in [0, 0.1) is 5.82 Å². The number of hydrogen-bond donors (Lipinski definition) is 2. The number of carbonyl (C=O) groups is 1. The maximum atomic E-state index is 13.4. The zero-order chi connectivity index (χ0) is 20.4. The molecule has 5 heteroatoms. The monoisotopic (exact) mass is 393 g/mol. The van der Waals surface area contributed by atoms with Gasteiger partial charge in [-0.3, -0.25) is 9.69 Å². The molecular formula is C24H28FN3O. The Labute approximate surface area is 171 Å². The van der Waals surface area contributed by atoms with Crippen molar-refractivity contribution in [3.8, 4) is 11.3 Å². The largest absolute Gasteiger partial charge is 0.355 e. The summed E-state index contributed by atoms with van der Waals surface area (Å²) in [5.74, 6) is -0.188. The van der Waals surface area contributed by atoms with Crippen LogP contribution < -0.4 is 5.32 Å². The number of aryl methyl sites for hydroxylation is 1. The maximum Gasteiger partial charge on any atom is 0.220 e. The number of amides is 1. The third kappa shape index (κ3) is 4.51. The number of likely N-dealkylation sites (N-methyl/N-ethyl adjacent to an activating group) is 1. The first kappa shape index (κ1) is 19.6. The summed E-state index contributed by atoms with van der Waals surface area (Å²) >= 11 is 0. The zero-order valence-corrected chi connectivity index (χ0v) is 17.0. The smallest absolute Gasteiger partial charge is 0.220 e. The molecule has 0 radical (unpaired) electrons. The fourth-order valence-electron chi connectivity index (χ4n) is 3.90. The van der Waals surface area contributed by atoms with E-state index in [9.17, 15) is 9.18 Å². The molecule has 4 rings (SSSR count). The zero-order valence-electron chi connectivity index (χ0n) is 17.0. The van der Waals surface area contributed by atoms with E-state index < -0.39 is 0 Å². The second-order valence-electron chi connectivity index (χ2n) is 8.08. The summed E-state index contributed by atoms with van der Waals surface area (Å²) in [5.41, 5.74) is 4.02. The molecule has 1 atom stereocenters. The van der Waals surface area contributed by atoms with E-state index in [1.54, 1.807) is 12.1 Å². The summed E-state index contributed by atoms with van der Waals surface area (Å²) < 4.78 is 13.4. The van der Waals surface area contributed by atoms with E-state index in [2.05, 4.69) is 35.2 Å². The van der Waals surface area contributed by atoms with E-state index >= 15 is 0 Å². The number of aromatic nitrogens is 1. The summed E-state index contributed by atoms with van der Waals surface area (Å²) in [7, 11) is 2.13. The minimum Gasteiger partial charge on any atom is -0.355 e. The molecule has 1 aromatic heterocycles. The number of fused-ring (bicyclic) bond motifs is 1. The number of halogens is 1. The number of nitrogens with one attached hydrogen (secondary N) is 2. The predicted octanol–water partition coefficient (Wildman–Crippen LogP) is 4.51. The van der Waals surface area contributed by atoms with Gasteiger partial charge in [-0.05, 0) is 74.7 Å². The van der Waals surface area contributed by atoms with Crippen molar-refractivity contribution >= 4 is 16.8 Å². The topological polar surface area (TPSA) is 48.1 Å². The molecule has 1 aliphatic carbocycles. The molecule has 0 aliphatic heterocycles. The second kappa shape index (κ2) is 8.37. The van der Waals surface area contributed by atoms with Crippen molar-refractivity contribution < 1.29 is 9.18 Å². The van der Waals surface area contributed by atoms with Gasteiger partial charge in [-0.2, -0.15) is 0 Å². The standard InChI is InChI=1S/C24H28FN3O/c1-16(28(2)19-11-12-19)15-26-23(29)14-13-21-20-5-3-4-6-22(20)27-24(21)17-7-9-18(25)10-8-17/h3-10,16,19,27H,11-15H2,1-2H3,(H,26,29). The van der Waals surface area contributed by atoms with Crippen molar-refractivity contribution in [1.29, 1.82) is 0 Å². The number of H-pyrrole nitrogens is 1. The van der Waals surface area contributed by atoms with Gasteiger partial charge in [0, 0.05) is 41.6 Å². The highest BCUT2D eigenvalue weighted by Gasteiger charge is 2.29. The van der Waals surface area contributed by atoms with Crippen molar-refractivity contribution in [1.82, 2.24) is 15.2 Å². The predicted molar refractivity (Wildman–Crippen MR) is 115 cm³/mol. The Bertz CT molecular complexity index is 991. The van der Waals surface area contributed by atoms with Crippen LogP contribution in [0.4, 0.5) is 4.39 Å². The van der Waals surface area contributed by atoms with Crippen molar-refractivity contribution in [2.45, 2.75) is 44.7 Å². The Morgan fingerprint density at radius 2 is 1.93 bits per heavy atom. The molecule has 1 fully saturated rings. The molecule has 4 nitrogen and oxygen atoms in total. The third-order valence-corrected chi connectivity index (χ3v) is 5.96. The van der Waals surface area contributed by atoms with E-state index in [-0.39, 0.29) is 11.7 Å². The van der Waals surface area contributed by atoms with Crippen molar-refractivity contribution in [2.75, 3.05) is 13.6 Å². The van der Waals surface area contributed by atoms with E-state index in [1.165, 1.54) is 25.0 Å². The van der Waals surface area contributed by atoms with Gasteiger partial charge in [-0.15, -0.1) is 0 Å². The SMILES string of the molecule is CC(CNC(=O)CCc1c(-c2ccc(F)cc2)[nH]c2ccccc12)N(C)C1CC1. The Hall–Kier alpha value is -2.66. The molecule has 1 aliphatic rings. The highest BCUT2D eigenvalue weighted by atomic mass is 19.1. The number of hydrogen-bond acceptors (Lipinski definition) is 2. The Morgan fingerprint density at radius 1 is 1.21 bits per heavy atom. The van der Waals surface area contributed by atoms with Gasteiger partial charge < -0.3 is 10.3 Å². The minimum atomic E-state index is -0.254. The minimum absolute atomic E-state index is 0.0661. The van der Waals surface area contributed by atoms with Gasteiger partial charge in [-0.1, -0.05) is 18.2 Å². The van der Waals surface area contributed by atoms with Gasteiger partial charge in [0.1, 0.15) is 5.82 Å². The lowest BCUT2D eigenvalue weighted by Crippen LogP contribution is -2.41. The van der Waals surface area contributed by atoms with Crippen LogP contribution in [0.5, 0.6) is 0 Å². The lowest BCUT2D eigenvalue weighted by Gasteiger charge is -2.24. The second-order valence-corrected chi connectivity index (χ2v) is 8.08. The van der Waals surface area contributed by atoms with Crippen LogP contribution in [-0.4, -0.2) is 41.5 Å². The average molecular weight is 394 g/mol. The van der Waals surface area contributed by atoms with Gasteiger partial charge in [0.05, 0.1) is 0 Å². The number of carbonyl (C=O) groups excluding carboxylic acids is 1. The van der Waals surface area contributed by atoms with Gasteiger partial charge in [-0.25, -0.2) is 4.39 Å². The summed E-state index contributed by atoms with van der Waals surface area (Å²) in [6, 6.07) is 15.6. The van der Waals surface area contributed by atoms with E-state index in [0.717, 1.165) is 27.7 Å². The van der Waals surface area contributed by atoms with Gasteiger partial charge in [0.25, 0.3) is 0 Å². The van der Waals surface area contributed by atoms with Crippen LogP contribution in [-0.2, 0) is 11.2 Å². The Kier molecular flexibility index (Phi) is 5.67. The molecule has 1 amide bonds. The van der Waals surface area contributed by atoms with Crippen LogP contribution in [0.15, 0.2) is 48.5 Å². The van der Waals surface area contributed by atoms with Crippen LogP contribution in [0.2, 0.25) is 0 Å². The lowest BCUT2D eigenvalue weighted by molar-refractivity contribution is -0.121. The summed E-state index contributed by atoms with van der Waals surface area (Å²) in [5, 5.41) is 4.20. The van der Waals surface area contributed by atoms with Crippen LogP contribution in [0.3, 0.4) is 0 Å². The number of rotatable bonds is 8. The molecule has 1 saturated carbocycles. The van der Waals surface area contributed by atoms with Gasteiger partial charge >= 0.3 is 0 Å². The lowest BCUT2D eigenvalue weighted by atomic mass is 10.0. The molecule has 0 bridgehead atoms. The maximum absolute atomic E-state index is 13.4. The van der Waals surface area contributed by atoms with Crippen molar-refractivity contribution in [2.24, 2.45) is 0 Å². The molecule has 2 N–H and O–H groups in total. The molecule has 2 aromatic carbocycles. The Morgan fingerprint density at radius 3 is 2.66 bits per heavy atom. The highest BCUT2D eigenvalue weighted by molar-refractivity contribution is 5.91. The molecule has 3 aromatic rings. The fraction of sp³-hybridized carbons (Fsp3) is 0.375. The number of benzene rings is 2. The molecule has 152 valence electrons. The molecule has 1 heterocycles. The summed E-state index contributed by atoms with van der Waals surface area (Å²) in [6.07, 6.45) is 3.59. The molecule has 0 spiro atoms. The van der Waals surface area contributed by atoms with Gasteiger partial charge in [0.2, 0.25) is 5.91 Å². The Balaban J connectivity index is 1.46. The average Bonchev–Trinajstić information content (AvgIpc) is 3.51. The number of aromatic amines is 1. The van der Waals surface area contributed by atoms with Crippen LogP contribution in [0.25, 0.3) is 22.2 Å². The molecule has 1 unspecified atom stereocenters. The van der Waals surface area contributed by atoms with Crippen molar-refractivity contribution in [3.05, 3.63) is 59.9 Å². The van der Waals surface area contributed by atoms with Gasteiger partial charge in [0.15, 0.2) is 0 Å². The van der Waals surface area contributed by atoms with Crippen LogP contribution >= 0.6 is 0 Å². The van der Waals surface area contributed by atoms with Crippen molar-refractivity contribution in [3.63, 3.8) is 0 Å². The highest BCUT2D eigenvalue weighted by Crippen LogP contribution is 2.31. The molecular weight excluding hydrogens is 365 g/mol. The fourth-order valence-corrected chi connectivity index (χ4v) is 3.90. The molecule has 0 saturated heterocycles.